The molecule has 0 saturated carbocycles. The summed E-state index contributed by atoms with van der Waals surface area (Å²) >= 11 is 0. The predicted octanol–water partition coefficient (Wildman–Crippen LogP) is 4.67. The van der Waals surface area contributed by atoms with Gasteiger partial charge in [-0.15, -0.1) is 0 Å². The van der Waals surface area contributed by atoms with Crippen LogP contribution in [0.15, 0.2) is 24.3 Å². The van der Waals surface area contributed by atoms with E-state index >= 15 is 0 Å². The summed E-state index contributed by atoms with van der Waals surface area (Å²) in [5.41, 5.74) is 0.0249. The van der Waals surface area contributed by atoms with E-state index in [1.165, 1.54) is 44.2 Å². The standard InChI is InChI=1S/C20H31NO6/c1-2-3-4-5-6-7-8-9-20(22)27-17-15-25-14-16-26-19-12-10-18(11-13-19)21(23)24/h10-13H,2-9,14-17H2,1H3. The Bertz CT molecular complexity index is 532. The number of benzene rings is 1. The average molecular weight is 381 g/mol. The first kappa shape index (κ1) is 22.9. The van der Waals surface area contributed by atoms with E-state index in [-0.39, 0.29) is 18.3 Å². The first-order chi connectivity index (χ1) is 13.1. The molecule has 0 spiro atoms. The molecular formula is C20H31NO6. The molecule has 0 aliphatic heterocycles. The minimum atomic E-state index is -0.457. The van der Waals surface area contributed by atoms with Crippen LogP contribution >= 0.6 is 0 Å². The van der Waals surface area contributed by atoms with E-state index in [1.54, 1.807) is 12.1 Å². The molecule has 1 aromatic carbocycles. The molecular weight excluding hydrogens is 350 g/mol. The molecule has 0 heterocycles. The van der Waals surface area contributed by atoms with Crippen molar-refractivity contribution in [2.45, 2.75) is 58.3 Å². The Balaban J connectivity index is 1.92. The highest BCUT2D eigenvalue weighted by Crippen LogP contribution is 2.17. The van der Waals surface area contributed by atoms with E-state index in [0.29, 0.717) is 32.0 Å². The van der Waals surface area contributed by atoms with Crippen LogP contribution in [0.5, 0.6) is 5.75 Å². The van der Waals surface area contributed by atoms with Gasteiger partial charge in [-0.05, 0) is 18.6 Å². The molecule has 1 aromatic rings. The number of non-ortho nitro benzene ring substituents is 1. The maximum absolute atomic E-state index is 11.6. The maximum Gasteiger partial charge on any atom is 0.305 e. The fourth-order valence-electron chi connectivity index (χ4n) is 2.50. The summed E-state index contributed by atoms with van der Waals surface area (Å²) in [5, 5.41) is 10.6. The minimum Gasteiger partial charge on any atom is -0.491 e. The van der Waals surface area contributed by atoms with E-state index in [1.807, 2.05) is 0 Å². The molecule has 0 unspecified atom stereocenters. The van der Waals surface area contributed by atoms with Crippen LogP contribution in [0.3, 0.4) is 0 Å². The van der Waals surface area contributed by atoms with Crippen LogP contribution in [0.2, 0.25) is 0 Å². The SMILES string of the molecule is CCCCCCCCCC(=O)OCCOCCOc1ccc([N+](=O)[O-])cc1. The van der Waals surface area contributed by atoms with Crippen LogP contribution in [0, 0.1) is 10.1 Å². The lowest BCUT2D eigenvalue weighted by Crippen LogP contribution is -2.13. The molecule has 0 aliphatic rings. The molecule has 27 heavy (non-hydrogen) atoms. The van der Waals surface area contributed by atoms with Crippen molar-refractivity contribution in [1.82, 2.24) is 0 Å². The van der Waals surface area contributed by atoms with Crippen molar-refractivity contribution in [3.63, 3.8) is 0 Å². The van der Waals surface area contributed by atoms with Crippen LogP contribution in [0.1, 0.15) is 58.3 Å². The Kier molecular flexibility index (Phi) is 12.7. The molecule has 7 nitrogen and oxygen atoms in total. The van der Waals surface area contributed by atoms with Crippen LogP contribution in [0.25, 0.3) is 0 Å². The summed E-state index contributed by atoms with van der Waals surface area (Å²) in [4.78, 5) is 21.7. The highest BCUT2D eigenvalue weighted by Gasteiger charge is 2.05. The van der Waals surface area contributed by atoms with Gasteiger partial charge in [0.1, 0.15) is 19.0 Å². The summed E-state index contributed by atoms with van der Waals surface area (Å²) in [6, 6.07) is 5.87. The molecule has 0 aromatic heterocycles. The maximum atomic E-state index is 11.6. The molecule has 0 fully saturated rings. The fraction of sp³-hybridized carbons (Fsp3) is 0.650. The quantitative estimate of drug-likeness (QED) is 0.179. The van der Waals surface area contributed by atoms with Crippen LogP contribution in [0.4, 0.5) is 5.69 Å². The minimum absolute atomic E-state index is 0.0249. The van der Waals surface area contributed by atoms with Crippen molar-refractivity contribution in [2.24, 2.45) is 0 Å². The summed E-state index contributed by atoms with van der Waals surface area (Å²) in [5.74, 6) is 0.375. The van der Waals surface area contributed by atoms with Gasteiger partial charge in [0.05, 0.1) is 18.1 Å². The normalized spacial score (nSPS) is 10.6. The third-order valence-electron chi connectivity index (χ3n) is 4.02. The zero-order valence-electron chi connectivity index (χ0n) is 16.2. The summed E-state index contributed by atoms with van der Waals surface area (Å²) in [7, 11) is 0. The van der Waals surface area contributed by atoms with Crippen molar-refractivity contribution < 1.29 is 23.9 Å². The number of hydrogen-bond acceptors (Lipinski definition) is 6. The van der Waals surface area contributed by atoms with Crippen LogP contribution in [-0.2, 0) is 14.3 Å². The lowest BCUT2D eigenvalue weighted by atomic mass is 10.1. The Hall–Kier alpha value is -2.15. The van der Waals surface area contributed by atoms with Crippen LogP contribution < -0.4 is 4.74 Å². The van der Waals surface area contributed by atoms with Gasteiger partial charge in [0.15, 0.2) is 0 Å². The Morgan fingerprint density at radius 1 is 0.926 bits per heavy atom. The number of nitro groups is 1. The highest BCUT2D eigenvalue weighted by molar-refractivity contribution is 5.69. The molecule has 0 saturated heterocycles. The first-order valence-electron chi connectivity index (χ1n) is 9.74. The molecule has 152 valence electrons. The third-order valence-corrected chi connectivity index (χ3v) is 4.02. The van der Waals surface area contributed by atoms with E-state index in [4.69, 9.17) is 14.2 Å². The zero-order valence-corrected chi connectivity index (χ0v) is 16.2. The van der Waals surface area contributed by atoms with Crippen molar-refractivity contribution in [2.75, 3.05) is 26.4 Å². The number of rotatable bonds is 16. The van der Waals surface area contributed by atoms with Crippen molar-refractivity contribution in [3.05, 3.63) is 34.4 Å². The van der Waals surface area contributed by atoms with Crippen LogP contribution in [-0.4, -0.2) is 37.3 Å². The second kappa shape index (κ2) is 15.0. The van der Waals surface area contributed by atoms with E-state index < -0.39 is 4.92 Å². The summed E-state index contributed by atoms with van der Waals surface area (Å²) < 4.78 is 15.9. The molecule has 0 radical (unpaired) electrons. The molecule has 1 rings (SSSR count). The van der Waals surface area contributed by atoms with E-state index in [9.17, 15) is 14.9 Å². The number of esters is 1. The molecule has 0 bridgehead atoms. The van der Waals surface area contributed by atoms with Gasteiger partial charge >= 0.3 is 5.97 Å². The van der Waals surface area contributed by atoms with Gasteiger partial charge in [0, 0.05) is 18.6 Å². The average Bonchev–Trinajstić information content (AvgIpc) is 2.67. The predicted molar refractivity (Wildman–Crippen MR) is 103 cm³/mol. The summed E-state index contributed by atoms with van der Waals surface area (Å²) in [6.45, 7) is 3.45. The monoisotopic (exact) mass is 381 g/mol. The smallest absolute Gasteiger partial charge is 0.305 e. The number of hydrogen-bond donors (Lipinski definition) is 0. The Morgan fingerprint density at radius 2 is 1.56 bits per heavy atom. The highest BCUT2D eigenvalue weighted by atomic mass is 16.6. The van der Waals surface area contributed by atoms with Gasteiger partial charge in [-0.2, -0.15) is 0 Å². The zero-order chi connectivity index (χ0) is 19.7. The van der Waals surface area contributed by atoms with Gasteiger partial charge in [-0.1, -0.05) is 45.4 Å². The number of carbonyl (C=O) groups is 1. The number of nitrogens with zero attached hydrogens (tertiary/aromatic N) is 1. The number of unbranched alkanes of at least 4 members (excludes halogenated alkanes) is 6. The van der Waals surface area contributed by atoms with Gasteiger partial charge in [0.25, 0.3) is 5.69 Å². The first-order valence-corrected chi connectivity index (χ1v) is 9.74. The lowest BCUT2D eigenvalue weighted by molar-refractivity contribution is -0.384. The molecule has 0 atom stereocenters. The van der Waals surface area contributed by atoms with Gasteiger partial charge in [-0.25, -0.2) is 0 Å². The van der Waals surface area contributed by atoms with Gasteiger partial charge in [0.2, 0.25) is 0 Å². The van der Waals surface area contributed by atoms with Gasteiger partial charge in [-0.3, -0.25) is 14.9 Å². The van der Waals surface area contributed by atoms with Gasteiger partial charge < -0.3 is 14.2 Å². The van der Waals surface area contributed by atoms with E-state index in [0.717, 1.165) is 12.8 Å². The fourth-order valence-corrected chi connectivity index (χ4v) is 2.50. The topological polar surface area (TPSA) is 87.9 Å². The number of nitro benzene ring substituents is 1. The second-order valence-electron chi connectivity index (χ2n) is 6.30. The van der Waals surface area contributed by atoms with E-state index in [2.05, 4.69) is 6.92 Å². The Labute approximate surface area is 161 Å². The Morgan fingerprint density at radius 3 is 2.22 bits per heavy atom. The molecule has 7 heteroatoms. The van der Waals surface area contributed by atoms with Crippen molar-refractivity contribution >= 4 is 11.7 Å². The second-order valence-corrected chi connectivity index (χ2v) is 6.30. The summed E-state index contributed by atoms with van der Waals surface area (Å²) in [6.07, 6.45) is 8.69. The molecule has 0 N–H and O–H groups in total. The van der Waals surface area contributed by atoms with Crippen molar-refractivity contribution in [3.8, 4) is 5.75 Å². The molecule has 0 amide bonds. The van der Waals surface area contributed by atoms with Crippen molar-refractivity contribution in [1.29, 1.82) is 0 Å². The lowest BCUT2D eigenvalue weighted by Gasteiger charge is -2.08. The third kappa shape index (κ3) is 12.0. The number of ether oxygens (including phenoxy) is 3. The largest absolute Gasteiger partial charge is 0.491 e. The molecule has 0 aliphatic carbocycles. The number of carbonyl (C=O) groups excluding carboxylic acids is 1.